The van der Waals surface area contributed by atoms with Crippen LogP contribution >= 0.6 is 0 Å². The van der Waals surface area contributed by atoms with E-state index in [2.05, 4.69) is 267 Å². The second-order valence-electron chi connectivity index (χ2n) is 17.1. The molecule has 0 atom stereocenters. The van der Waals surface area contributed by atoms with E-state index in [-0.39, 0.29) is 0 Å². The van der Waals surface area contributed by atoms with E-state index in [9.17, 15) is 0 Å². The summed E-state index contributed by atoms with van der Waals surface area (Å²) in [5.41, 5.74) is 17.1. The van der Waals surface area contributed by atoms with Crippen molar-refractivity contribution in [3.63, 3.8) is 0 Å². The quantitative estimate of drug-likeness (QED) is 0.106. The Morgan fingerprint density at radius 2 is 0.545 bits per heavy atom. The van der Waals surface area contributed by atoms with E-state index in [1.54, 1.807) is 0 Å². The van der Waals surface area contributed by atoms with Crippen molar-refractivity contribution in [3.05, 3.63) is 266 Å². The molecule has 0 aliphatic carbocycles. The molecule has 0 N–H and O–H groups in total. The highest BCUT2D eigenvalue weighted by Crippen LogP contribution is 2.47. The Balaban J connectivity index is 0.898. The Bertz CT molecular complexity index is 3710. The molecule has 12 aromatic carbocycles. The molecule has 0 aliphatic heterocycles. The summed E-state index contributed by atoms with van der Waals surface area (Å²) in [6.07, 6.45) is 4.46. The summed E-state index contributed by atoms with van der Waals surface area (Å²) in [6.45, 7) is 0. The van der Waals surface area contributed by atoms with E-state index in [4.69, 9.17) is 0 Å². The molecule has 0 amide bonds. The van der Waals surface area contributed by atoms with Crippen LogP contribution < -0.4 is 0 Å². The maximum absolute atomic E-state index is 2.40. The minimum absolute atomic E-state index is 1.16. The first-order chi connectivity index (χ1) is 32.8. The van der Waals surface area contributed by atoms with Crippen LogP contribution in [0.25, 0.3) is 122 Å². The average molecular weight is 837 g/mol. The van der Waals surface area contributed by atoms with E-state index in [0.717, 1.165) is 11.1 Å². The summed E-state index contributed by atoms with van der Waals surface area (Å²) in [6, 6.07) is 93.0. The Hall–Kier alpha value is -8.58. The average Bonchev–Trinajstić information content (AvgIpc) is 3.39. The van der Waals surface area contributed by atoms with Crippen LogP contribution in [0, 0.1) is 0 Å². The second kappa shape index (κ2) is 16.8. The standard InChI is InChI=1S/C66H44/c1-4-20-48(21-5-1)63-57-31-14-16-33-59(57)66(60-34-17-15-32-58(60)63)54-28-11-10-27-53(54)47-39-37-45(38-40-47)35-36-46-19-18-26-51(43-46)52-41-42-61-62(44-52)65(50-24-8-3-9-25-50)56-30-13-12-29-55(56)64(61)49-22-6-2-7-23-49/h1-44H. The number of hydrogen-bond acceptors (Lipinski definition) is 0. The van der Waals surface area contributed by atoms with Gasteiger partial charge in [-0.2, -0.15) is 0 Å². The first-order valence-corrected chi connectivity index (χ1v) is 22.8. The van der Waals surface area contributed by atoms with Gasteiger partial charge in [0, 0.05) is 0 Å². The fraction of sp³-hybridized carbons (Fsp3) is 0. The third-order valence-corrected chi connectivity index (χ3v) is 13.2. The second-order valence-corrected chi connectivity index (χ2v) is 17.1. The molecule has 0 heterocycles. The minimum atomic E-state index is 1.16. The van der Waals surface area contributed by atoms with Gasteiger partial charge in [0.2, 0.25) is 0 Å². The van der Waals surface area contributed by atoms with E-state index >= 15 is 0 Å². The maximum atomic E-state index is 2.40. The van der Waals surface area contributed by atoms with Gasteiger partial charge in [-0.3, -0.25) is 0 Å². The van der Waals surface area contributed by atoms with Crippen molar-refractivity contribution in [2.75, 3.05) is 0 Å². The molecule has 0 heteroatoms. The van der Waals surface area contributed by atoms with Crippen LogP contribution in [0.2, 0.25) is 0 Å². The van der Waals surface area contributed by atoms with Crippen molar-refractivity contribution >= 4 is 55.2 Å². The lowest BCUT2D eigenvalue weighted by molar-refractivity contribution is 1.59. The van der Waals surface area contributed by atoms with E-state index < -0.39 is 0 Å². The summed E-state index contributed by atoms with van der Waals surface area (Å²) in [5, 5.41) is 10.1. The largest absolute Gasteiger partial charge is 0.0622 e. The smallest absolute Gasteiger partial charge is 0.00201 e. The molecule has 12 rings (SSSR count). The highest BCUT2D eigenvalue weighted by Gasteiger charge is 2.20. The first-order valence-electron chi connectivity index (χ1n) is 22.8. The molecular weight excluding hydrogens is 793 g/mol. The topological polar surface area (TPSA) is 0 Å². The van der Waals surface area contributed by atoms with E-state index in [1.165, 1.54) is 110 Å². The fourth-order valence-electron chi connectivity index (χ4n) is 10.3. The molecule has 0 fully saturated rings. The highest BCUT2D eigenvalue weighted by molar-refractivity contribution is 6.23. The third-order valence-electron chi connectivity index (χ3n) is 13.2. The fourth-order valence-corrected chi connectivity index (χ4v) is 10.3. The molecule has 0 spiro atoms. The molecule has 0 aromatic heterocycles. The molecule has 0 bridgehead atoms. The van der Waals surface area contributed by atoms with Crippen LogP contribution in [-0.4, -0.2) is 0 Å². The van der Waals surface area contributed by atoms with Crippen molar-refractivity contribution in [1.82, 2.24) is 0 Å². The molecule has 66 heavy (non-hydrogen) atoms. The Kier molecular flexibility index (Phi) is 9.97. The van der Waals surface area contributed by atoms with Gasteiger partial charge in [-0.1, -0.05) is 255 Å². The first kappa shape index (κ1) is 39.0. The van der Waals surface area contributed by atoms with Gasteiger partial charge in [-0.25, -0.2) is 0 Å². The van der Waals surface area contributed by atoms with Gasteiger partial charge < -0.3 is 0 Å². The Morgan fingerprint density at radius 1 is 0.182 bits per heavy atom. The molecule has 0 aliphatic rings. The van der Waals surface area contributed by atoms with Crippen LogP contribution in [0.5, 0.6) is 0 Å². The lowest BCUT2D eigenvalue weighted by atomic mass is 9.84. The van der Waals surface area contributed by atoms with Gasteiger partial charge in [0.1, 0.15) is 0 Å². The van der Waals surface area contributed by atoms with Crippen molar-refractivity contribution in [1.29, 1.82) is 0 Å². The predicted molar refractivity (Wildman–Crippen MR) is 284 cm³/mol. The zero-order valence-corrected chi connectivity index (χ0v) is 36.4. The molecule has 0 unspecified atom stereocenters. The van der Waals surface area contributed by atoms with Crippen molar-refractivity contribution in [2.24, 2.45) is 0 Å². The summed E-state index contributed by atoms with van der Waals surface area (Å²) >= 11 is 0. The summed E-state index contributed by atoms with van der Waals surface area (Å²) in [5.74, 6) is 0. The van der Waals surface area contributed by atoms with Crippen molar-refractivity contribution in [3.8, 4) is 66.8 Å². The zero-order chi connectivity index (χ0) is 43.8. The Labute approximate surface area is 386 Å². The maximum Gasteiger partial charge on any atom is -0.00201 e. The predicted octanol–water partition coefficient (Wildman–Crippen LogP) is 18.5. The van der Waals surface area contributed by atoms with Crippen LogP contribution in [0.3, 0.4) is 0 Å². The molecule has 308 valence electrons. The lowest BCUT2D eigenvalue weighted by Crippen LogP contribution is -1.92. The third kappa shape index (κ3) is 6.97. The number of rotatable bonds is 8. The molecule has 0 saturated carbocycles. The number of hydrogen-bond donors (Lipinski definition) is 0. The van der Waals surface area contributed by atoms with Crippen LogP contribution in [-0.2, 0) is 0 Å². The SMILES string of the molecule is C(=Cc1cccc(-c2ccc3c(-c4ccccc4)c4ccccc4c(-c4ccccc4)c3c2)c1)c1ccc(-c2ccccc2-c2c3ccccc3c(-c3ccccc3)c3ccccc23)cc1. The van der Waals surface area contributed by atoms with Gasteiger partial charge >= 0.3 is 0 Å². The molecule has 0 nitrogen and oxygen atoms in total. The van der Waals surface area contributed by atoms with Gasteiger partial charge in [0.25, 0.3) is 0 Å². The zero-order valence-electron chi connectivity index (χ0n) is 36.4. The summed E-state index contributed by atoms with van der Waals surface area (Å²) < 4.78 is 0. The Morgan fingerprint density at radius 3 is 1.06 bits per heavy atom. The van der Waals surface area contributed by atoms with Crippen molar-refractivity contribution < 1.29 is 0 Å². The van der Waals surface area contributed by atoms with Crippen molar-refractivity contribution in [2.45, 2.75) is 0 Å². The van der Waals surface area contributed by atoms with Crippen LogP contribution in [0.15, 0.2) is 255 Å². The van der Waals surface area contributed by atoms with Crippen LogP contribution in [0.4, 0.5) is 0 Å². The molecular formula is C66H44. The molecule has 0 radical (unpaired) electrons. The van der Waals surface area contributed by atoms with Gasteiger partial charge in [0.05, 0.1) is 0 Å². The molecule has 12 aromatic rings. The van der Waals surface area contributed by atoms with Gasteiger partial charge in [-0.05, 0) is 133 Å². The van der Waals surface area contributed by atoms with Gasteiger partial charge in [0.15, 0.2) is 0 Å². The highest BCUT2D eigenvalue weighted by atomic mass is 14.2. The monoisotopic (exact) mass is 836 g/mol. The van der Waals surface area contributed by atoms with E-state index in [0.29, 0.717) is 0 Å². The normalized spacial score (nSPS) is 11.6. The van der Waals surface area contributed by atoms with Crippen LogP contribution in [0.1, 0.15) is 11.1 Å². The molecule has 0 saturated heterocycles. The van der Waals surface area contributed by atoms with Gasteiger partial charge in [-0.15, -0.1) is 0 Å². The summed E-state index contributed by atoms with van der Waals surface area (Å²) in [4.78, 5) is 0. The lowest BCUT2D eigenvalue weighted by Gasteiger charge is -2.19. The van der Waals surface area contributed by atoms with E-state index in [1.807, 2.05) is 0 Å². The number of benzene rings is 12. The minimum Gasteiger partial charge on any atom is -0.0622 e. The summed E-state index contributed by atoms with van der Waals surface area (Å²) in [7, 11) is 0. The number of fused-ring (bicyclic) bond motifs is 4.